The first-order valence-electron chi connectivity index (χ1n) is 11.0. The van der Waals surface area contributed by atoms with Crippen LogP contribution in [0.2, 0.25) is 5.02 Å². The zero-order chi connectivity index (χ0) is 25.8. The molecule has 1 heterocycles. The summed E-state index contributed by atoms with van der Waals surface area (Å²) >= 11 is 6.19. The SMILES string of the molecule is Cc1ccccc1Oc1cc(NC(=O)c2ccn(COc3cc(C)c(Cl)c(C)c3)n2)cc([N+](=O)[O-])c1. The van der Waals surface area contributed by atoms with Crippen LogP contribution in [0.15, 0.2) is 66.9 Å². The lowest BCUT2D eigenvalue weighted by Gasteiger charge is -2.11. The largest absolute Gasteiger partial charge is 0.471 e. The van der Waals surface area contributed by atoms with Gasteiger partial charge in [0.1, 0.15) is 17.2 Å². The van der Waals surface area contributed by atoms with Gasteiger partial charge in [0.05, 0.1) is 16.7 Å². The van der Waals surface area contributed by atoms with Gasteiger partial charge in [-0.05, 0) is 61.7 Å². The van der Waals surface area contributed by atoms with Gasteiger partial charge in [-0.2, -0.15) is 5.10 Å². The monoisotopic (exact) mass is 506 g/mol. The Morgan fingerprint density at radius 2 is 1.75 bits per heavy atom. The summed E-state index contributed by atoms with van der Waals surface area (Å²) in [5.74, 6) is 0.879. The molecule has 0 aliphatic heterocycles. The Balaban J connectivity index is 1.47. The number of halogens is 1. The highest BCUT2D eigenvalue weighted by Gasteiger charge is 2.16. The average molecular weight is 507 g/mol. The Morgan fingerprint density at radius 3 is 2.44 bits per heavy atom. The van der Waals surface area contributed by atoms with E-state index in [0.717, 1.165) is 16.7 Å². The Hall–Kier alpha value is -4.37. The number of nitro benzene ring substituents is 1. The predicted octanol–water partition coefficient (Wildman–Crippen LogP) is 6.45. The van der Waals surface area contributed by atoms with Crippen LogP contribution < -0.4 is 14.8 Å². The van der Waals surface area contributed by atoms with Crippen LogP contribution in [0.4, 0.5) is 11.4 Å². The molecule has 0 bridgehead atoms. The van der Waals surface area contributed by atoms with Crippen LogP contribution in [0.3, 0.4) is 0 Å². The number of benzene rings is 3. The number of non-ortho nitro benzene ring substituents is 1. The van der Waals surface area contributed by atoms with Crippen LogP contribution in [0.5, 0.6) is 17.2 Å². The minimum Gasteiger partial charge on any atom is -0.471 e. The van der Waals surface area contributed by atoms with Crippen LogP contribution >= 0.6 is 11.6 Å². The molecule has 0 saturated heterocycles. The highest BCUT2D eigenvalue weighted by atomic mass is 35.5. The first kappa shape index (κ1) is 24.7. The van der Waals surface area contributed by atoms with E-state index in [9.17, 15) is 14.9 Å². The van der Waals surface area contributed by atoms with Gasteiger partial charge in [0.15, 0.2) is 12.4 Å². The Morgan fingerprint density at radius 1 is 1.03 bits per heavy atom. The number of rotatable bonds is 8. The first-order valence-corrected chi connectivity index (χ1v) is 11.3. The van der Waals surface area contributed by atoms with Gasteiger partial charge in [0.25, 0.3) is 11.6 Å². The van der Waals surface area contributed by atoms with Crippen LogP contribution in [-0.4, -0.2) is 20.6 Å². The number of amides is 1. The lowest BCUT2D eigenvalue weighted by Crippen LogP contribution is -2.14. The second-order valence-electron chi connectivity index (χ2n) is 8.18. The molecule has 184 valence electrons. The summed E-state index contributed by atoms with van der Waals surface area (Å²) in [6, 6.07) is 16.5. The quantitative estimate of drug-likeness (QED) is 0.217. The van der Waals surface area contributed by atoms with E-state index in [2.05, 4.69) is 10.4 Å². The molecule has 0 aliphatic rings. The summed E-state index contributed by atoms with van der Waals surface area (Å²) in [4.78, 5) is 23.7. The van der Waals surface area contributed by atoms with E-state index in [-0.39, 0.29) is 29.5 Å². The standard InChI is InChI=1S/C26H23ClN4O5/c1-16-6-4-5-7-24(16)36-22-13-19(12-20(14-22)31(33)34)28-26(32)23-8-9-30(29-23)15-35-21-10-17(2)25(27)18(3)11-21/h4-14H,15H2,1-3H3,(H,28,32). The Bertz CT molecular complexity index is 1430. The van der Waals surface area contributed by atoms with Crippen molar-refractivity contribution in [2.24, 2.45) is 0 Å². The van der Waals surface area contributed by atoms with E-state index in [0.29, 0.717) is 16.5 Å². The Kier molecular flexibility index (Phi) is 7.21. The number of nitrogens with zero attached hydrogens (tertiary/aromatic N) is 3. The van der Waals surface area contributed by atoms with Gasteiger partial charge in [-0.1, -0.05) is 29.8 Å². The first-order chi connectivity index (χ1) is 17.2. The zero-order valence-corrected chi connectivity index (χ0v) is 20.6. The molecule has 0 spiro atoms. The van der Waals surface area contributed by atoms with E-state index in [1.54, 1.807) is 18.3 Å². The van der Waals surface area contributed by atoms with Gasteiger partial charge in [-0.25, -0.2) is 4.68 Å². The van der Waals surface area contributed by atoms with Gasteiger partial charge in [-0.3, -0.25) is 14.9 Å². The number of carbonyl (C=O) groups is 1. The summed E-state index contributed by atoms with van der Waals surface area (Å²) in [7, 11) is 0. The maximum Gasteiger partial charge on any atom is 0.276 e. The highest BCUT2D eigenvalue weighted by molar-refractivity contribution is 6.32. The molecule has 36 heavy (non-hydrogen) atoms. The van der Waals surface area contributed by atoms with Crippen LogP contribution in [0.1, 0.15) is 27.2 Å². The molecule has 0 aliphatic carbocycles. The molecule has 4 aromatic rings. The van der Waals surface area contributed by atoms with Crippen molar-refractivity contribution in [2.75, 3.05) is 5.32 Å². The fourth-order valence-electron chi connectivity index (χ4n) is 3.50. The van der Waals surface area contributed by atoms with Crippen molar-refractivity contribution in [3.63, 3.8) is 0 Å². The van der Waals surface area contributed by atoms with Crippen LogP contribution in [0, 0.1) is 30.9 Å². The predicted molar refractivity (Wildman–Crippen MR) is 136 cm³/mol. The molecule has 9 nitrogen and oxygen atoms in total. The number of carbonyl (C=O) groups excluding carboxylic acids is 1. The summed E-state index contributed by atoms with van der Waals surface area (Å²) in [6.45, 7) is 5.73. The number of para-hydroxylation sites is 1. The van der Waals surface area contributed by atoms with Crippen LogP contribution in [0.25, 0.3) is 0 Å². The summed E-state index contributed by atoms with van der Waals surface area (Å²) in [6.07, 6.45) is 1.60. The minimum absolute atomic E-state index is 0.0824. The van der Waals surface area contributed by atoms with Gasteiger partial charge in [-0.15, -0.1) is 0 Å². The number of nitro groups is 1. The van der Waals surface area contributed by atoms with Crippen molar-refractivity contribution in [1.82, 2.24) is 9.78 Å². The maximum absolute atomic E-state index is 12.8. The third-order valence-electron chi connectivity index (χ3n) is 5.33. The topological polar surface area (TPSA) is 109 Å². The highest BCUT2D eigenvalue weighted by Crippen LogP contribution is 2.31. The second kappa shape index (κ2) is 10.5. The van der Waals surface area contributed by atoms with E-state index >= 15 is 0 Å². The summed E-state index contributed by atoms with van der Waals surface area (Å²) < 4.78 is 13.1. The molecule has 0 saturated carbocycles. The number of hydrogen-bond donors (Lipinski definition) is 1. The third-order valence-corrected chi connectivity index (χ3v) is 5.92. The smallest absolute Gasteiger partial charge is 0.276 e. The minimum atomic E-state index is -0.549. The van der Waals surface area contributed by atoms with Crippen LogP contribution in [-0.2, 0) is 6.73 Å². The number of aryl methyl sites for hydroxylation is 3. The summed E-state index contributed by atoms with van der Waals surface area (Å²) in [5, 5.41) is 19.0. The number of nitrogens with one attached hydrogen (secondary N) is 1. The van der Waals surface area contributed by atoms with Crippen molar-refractivity contribution in [1.29, 1.82) is 0 Å². The normalized spacial score (nSPS) is 10.7. The fourth-order valence-corrected chi connectivity index (χ4v) is 3.61. The second-order valence-corrected chi connectivity index (χ2v) is 8.56. The molecule has 1 N–H and O–H groups in total. The summed E-state index contributed by atoms with van der Waals surface area (Å²) in [5.41, 5.74) is 2.77. The number of ether oxygens (including phenoxy) is 2. The van der Waals surface area contributed by atoms with E-state index in [1.807, 2.05) is 45.0 Å². The zero-order valence-electron chi connectivity index (χ0n) is 19.8. The molecule has 4 rings (SSSR count). The van der Waals surface area contributed by atoms with Crippen molar-refractivity contribution >= 4 is 28.9 Å². The van der Waals surface area contributed by atoms with Crippen molar-refractivity contribution < 1.29 is 19.2 Å². The van der Waals surface area contributed by atoms with E-state index in [1.165, 1.54) is 28.9 Å². The molecule has 0 unspecified atom stereocenters. The molecular formula is C26H23ClN4O5. The fraction of sp³-hybridized carbons (Fsp3) is 0.154. The molecule has 0 atom stereocenters. The lowest BCUT2D eigenvalue weighted by atomic mass is 10.1. The Labute approximate surface area is 212 Å². The third kappa shape index (κ3) is 5.81. The molecule has 3 aromatic carbocycles. The molecular weight excluding hydrogens is 484 g/mol. The number of anilines is 1. The lowest BCUT2D eigenvalue weighted by molar-refractivity contribution is -0.384. The number of aromatic nitrogens is 2. The van der Waals surface area contributed by atoms with Gasteiger partial charge in [0.2, 0.25) is 0 Å². The average Bonchev–Trinajstić information content (AvgIpc) is 3.32. The molecule has 0 radical (unpaired) electrons. The van der Waals surface area contributed by atoms with Gasteiger partial charge >= 0.3 is 0 Å². The number of hydrogen-bond acceptors (Lipinski definition) is 6. The maximum atomic E-state index is 12.8. The van der Waals surface area contributed by atoms with E-state index in [4.69, 9.17) is 21.1 Å². The molecule has 0 fully saturated rings. The van der Waals surface area contributed by atoms with Crippen molar-refractivity contribution in [3.8, 4) is 17.2 Å². The van der Waals surface area contributed by atoms with Gasteiger partial charge < -0.3 is 14.8 Å². The van der Waals surface area contributed by atoms with Gasteiger partial charge in [0, 0.05) is 23.4 Å². The molecule has 1 amide bonds. The van der Waals surface area contributed by atoms with E-state index < -0.39 is 10.8 Å². The van der Waals surface area contributed by atoms with Crippen molar-refractivity contribution in [3.05, 3.63) is 104 Å². The van der Waals surface area contributed by atoms with Crippen molar-refractivity contribution in [2.45, 2.75) is 27.5 Å². The molecule has 1 aromatic heterocycles. The molecule has 10 heteroatoms.